The highest BCUT2D eigenvalue weighted by molar-refractivity contribution is 6.58. The molecule has 1 aromatic rings. The molecular formula is C9H10BNO3. The van der Waals surface area contributed by atoms with Crippen LogP contribution in [0.25, 0.3) is 0 Å². The topological polar surface area (TPSA) is 73.5 Å². The fourth-order valence-corrected chi connectivity index (χ4v) is 1.00. The van der Waals surface area contributed by atoms with Gasteiger partial charge in [-0.25, -0.2) is 0 Å². The summed E-state index contributed by atoms with van der Waals surface area (Å²) in [4.78, 5) is 0. The predicted octanol–water partition coefficient (Wildman–Crippen LogP) is -0.593. The van der Waals surface area contributed by atoms with Gasteiger partial charge in [0.15, 0.2) is 0 Å². The van der Waals surface area contributed by atoms with Crippen LogP contribution in [0.4, 0.5) is 0 Å². The first-order valence-electron chi connectivity index (χ1n) is 4.13. The van der Waals surface area contributed by atoms with E-state index in [4.69, 9.17) is 20.0 Å². The minimum absolute atomic E-state index is 0.0599. The molecule has 0 spiro atoms. The maximum Gasteiger partial charge on any atom is 0.488 e. The Labute approximate surface area is 82.5 Å². The zero-order chi connectivity index (χ0) is 10.4. The van der Waals surface area contributed by atoms with E-state index < -0.39 is 7.12 Å². The molecular weight excluding hydrogens is 181 g/mol. The van der Waals surface area contributed by atoms with Crippen LogP contribution in [-0.4, -0.2) is 23.8 Å². The van der Waals surface area contributed by atoms with Gasteiger partial charge in [-0.1, -0.05) is 24.3 Å². The van der Waals surface area contributed by atoms with Crippen molar-refractivity contribution in [2.75, 3.05) is 6.61 Å². The highest BCUT2D eigenvalue weighted by Crippen LogP contribution is 1.99. The quantitative estimate of drug-likeness (QED) is 0.492. The second-order valence-corrected chi connectivity index (χ2v) is 2.77. The van der Waals surface area contributed by atoms with Crippen LogP contribution in [0.2, 0.25) is 0 Å². The van der Waals surface area contributed by atoms with Crippen LogP contribution in [0.5, 0.6) is 0 Å². The van der Waals surface area contributed by atoms with Crippen LogP contribution in [-0.2, 0) is 11.3 Å². The first kappa shape index (κ1) is 10.7. The number of hydrogen-bond donors (Lipinski definition) is 2. The van der Waals surface area contributed by atoms with Crippen LogP contribution >= 0.6 is 0 Å². The van der Waals surface area contributed by atoms with Gasteiger partial charge in [0.2, 0.25) is 0 Å². The van der Waals surface area contributed by atoms with E-state index in [-0.39, 0.29) is 6.61 Å². The summed E-state index contributed by atoms with van der Waals surface area (Å²) in [6.07, 6.45) is 0. The summed E-state index contributed by atoms with van der Waals surface area (Å²) in [5.74, 6) is 0. The van der Waals surface area contributed by atoms with Gasteiger partial charge in [0.25, 0.3) is 0 Å². The molecule has 0 unspecified atom stereocenters. The van der Waals surface area contributed by atoms with E-state index in [0.717, 1.165) is 5.56 Å². The second kappa shape index (κ2) is 5.40. The highest BCUT2D eigenvalue weighted by Gasteiger charge is 2.09. The molecule has 0 bridgehead atoms. The minimum Gasteiger partial charge on any atom is -0.423 e. The Morgan fingerprint density at radius 3 is 2.43 bits per heavy atom. The number of nitrogens with zero attached hydrogens (tertiary/aromatic N) is 1. The van der Waals surface area contributed by atoms with Crippen molar-refractivity contribution in [2.45, 2.75) is 6.61 Å². The predicted molar refractivity (Wildman–Crippen MR) is 51.5 cm³/mol. The standard InChI is InChI=1S/C9H10BNO3/c11-5-6-14-7-8-1-3-9(4-2-8)10(12)13/h1-4,12-13H,6-7H2. The van der Waals surface area contributed by atoms with Gasteiger partial charge in [-0.2, -0.15) is 5.26 Å². The minimum atomic E-state index is -1.44. The van der Waals surface area contributed by atoms with Crippen molar-refractivity contribution < 1.29 is 14.8 Å². The smallest absolute Gasteiger partial charge is 0.423 e. The normalized spacial score (nSPS) is 9.50. The maximum atomic E-state index is 8.81. The van der Waals surface area contributed by atoms with Gasteiger partial charge in [0, 0.05) is 0 Å². The largest absolute Gasteiger partial charge is 0.488 e. The molecule has 0 atom stereocenters. The lowest BCUT2D eigenvalue weighted by atomic mass is 9.80. The van der Waals surface area contributed by atoms with Gasteiger partial charge in [-0.3, -0.25) is 0 Å². The van der Waals surface area contributed by atoms with E-state index in [1.54, 1.807) is 24.3 Å². The summed E-state index contributed by atoms with van der Waals surface area (Å²) in [5, 5.41) is 25.8. The van der Waals surface area contributed by atoms with Gasteiger partial charge in [-0.05, 0) is 11.0 Å². The van der Waals surface area contributed by atoms with E-state index in [1.807, 2.05) is 6.07 Å². The summed E-state index contributed by atoms with van der Waals surface area (Å²) in [6.45, 7) is 0.416. The summed E-state index contributed by atoms with van der Waals surface area (Å²) < 4.78 is 4.98. The third-order valence-corrected chi connectivity index (χ3v) is 1.71. The molecule has 0 amide bonds. The first-order valence-corrected chi connectivity index (χ1v) is 4.13. The molecule has 14 heavy (non-hydrogen) atoms. The number of ether oxygens (including phenoxy) is 1. The Morgan fingerprint density at radius 1 is 1.29 bits per heavy atom. The molecule has 0 fully saturated rings. The number of nitriles is 1. The molecule has 72 valence electrons. The summed E-state index contributed by atoms with van der Waals surface area (Å²) in [6, 6.07) is 8.54. The van der Waals surface area contributed by atoms with Gasteiger partial charge >= 0.3 is 7.12 Å². The Morgan fingerprint density at radius 2 is 1.93 bits per heavy atom. The Hall–Kier alpha value is -1.35. The van der Waals surface area contributed by atoms with E-state index in [2.05, 4.69) is 0 Å². The van der Waals surface area contributed by atoms with Crippen LogP contribution in [0.15, 0.2) is 24.3 Å². The molecule has 1 aromatic carbocycles. The molecule has 0 aromatic heterocycles. The summed E-state index contributed by atoms with van der Waals surface area (Å²) in [5.41, 5.74) is 1.33. The number of rotatable bonds is 4. The Kier molecular flexibility index (Phi) is 4.14. The summed E-state index contributed by atoms with van der Waals surface area (Å²) >= 11 is 0. The molecule has 0 radical (unpaired) electrons. The lowest BCUT2D eigenvalue weighted by Crippen LogP contribution is -2.29. The zero-order valence-corrected chi connectivity index (χ0v) is 7.55. The molecule has 2 N–H and O–H groups in total. The molecule has 4 nitrogen and oxygen atoms in total. The molecule has 0 saturated heterocycles. The average Bonchev–Trinajstić information content (AvgIpc) is 2.19. The third-order valence-electron chi connectivity index (χ3n) is 1.71. The fourth-order valence-electron chi connectivity index (χ4n) is 1.00. The maximum absolute atomic E-state index is 8.81. The highest BCUT2D eigenvalue weighted by atomic mass is 16.5. The number of hydrogen-bond acceptors (Lipinski definition) is 4. The van der Waals surface area contributed by atoms with Crippen molar-refractivity contribution in [3.05, 3.63) is 29.8 Å². The molecule has 0 heterocycles. The van der Waals surface area contributed by atoms with Crippen molar-refractivity contribution in [1.82, 2.24) is 0 Å². The van der Waals surface area contributed by atoms with Crippen LogP contribution < -0.4 is 5.46 Å². The SMILES string of the molecule is N#CCOCc1ccc(B(O)O)cc1. The van der Waals surface area contributed by atoms with Crippen LogP contribution in [0, 0.1) is 11.3 Å². The molecule has 0 saturated carbocycles. The monoisotopic (exact) mass is 191 g/mol. The average molecular weight is 191 g/mol. The third kappa shape index (κ3) is 3.19. The lowest BCUT2D eigenvalue weighted by Gasteiger charge is -2.02. The van der Waals surface area contributed by atoms with Gasteiger partial charge < -0.3 is 14.8 Å². The van der Waals surface area contributed by atoms with Crippen LogP contribution in [0.1, 0.15) is 5.56 Å². The first-order chi connectivity index (χ1) is 6.74. The molecule has 5 heteroatoms. The van der Waals surface area contributed by atoms with Crippen molar-refractivity contribution >= 4 is 12.6 Å². The number of benzene rings is 1. The molecule has 0 aliphatic rings. The van der Waals surface area contributed by atoms with Crippen molar-refractivity contribution in [2.24, 2.45) is 0 Å². The van der Waals surface area contributed by atoms with Crippen LogP contribution in [0.3, 0.4) is 0 Å². The van der Waals surface area contributed by atoms with E-state index in [9.17, 15) is 0 Å². The van der Waals surface area contributed by atoms with E-state index in [1.165, 1.54) is 0 Å². The lowest BCUT2D eigenvalue weighted by molar-refractivity contribution is 0.152. The zero-order valence-electron chi connectivity index (χ0n) is 7.55. The fraction of sp³-hybridized carbons (Fsp3) is 0.222. The van der Waals surface area contributed by atoms with Gasteiger partial charge in [0.1, 0.15) is 6.61 Å². The Bertz CT molecular complexity index is 318. The Balaban J connectivity index is 2.52. The van der Waals surface area contributed by atoms with Gasteiger partial charge in [-0.15, -0.1) is 0 Å². The van der Waals surface area contributed by atoms with Gasteiger partial charge in [0.05, 0.1) is 12.7 Å². The second-order valence-electron chi connectivity index (χ2n) is 2.77. The molecule has 1 rings (SSSR count). The van der Waals surface area contributed by atoms with Crippen molar-refractivity contribution in [1.29, 1.82) is 5.26 Å². The van der Waals surface area contributed by atoms with Crippen molar-refractivity contribution in [3.63, 3.8) is 0 Å². The van der Waals surface area contributed by atoms with E-state index in [0.29, 0.717) is 12.1 Å². The summed E-state index contributed by atoms with van der Waals surface area (Å²) in [7, 11) is -1.44. The van der Waals surface area contributed by atoms with Crippen molar-refractivity contribution in [3.8, 4) is 6.07 Å². The van der Waals surface area contributed by atoms with E-state index >= 15 is 0 Å². The molecule has 0 aliphatic carbocycles. The molecule has 0 aliphatic heterocycles.